The van der Waals surface area contributed by atoms with Gasteiger partial charge in [0.25, 0.3) is 0 Å². The van der Waals surface area contributed by atoms with E-state index in [1.807, 2.05) is 42.5 Å². The number of carbonyl (C=O) groups is 1. The maximum absolute atomic E-state index is 12.8. The summed E-state index contributed by atoms with van der Waals surface area (Å²) >= 11 is 6.08. The van der Waals surface area contributed by atoms with Gasteiger partial charge in [0, 0.05) is 22.4 Å². The second-order valence-corrected chi connectivity index (χ2v) is 5.82. The van der Waals surface area contributed by atoms with Crippen LogP contribution in [0.3, 0.4) is 0 Å². The summed E-state index contributed by atoms with van der Waals surface area (Å²) in [5, 5.41) is 0.502. The van der Waals surface area contributed by atoms with Crippen molar-refractivity contribution in [1.29, 1.82) is 0 Å². The highest BCUT2D eigenvalue weighted by Gasteiger charge is 2.13. The maximum atomic E-state index is 12.8. The van der Waals surface area contributed by atoms with Gasteiger partial charge in [-0.25, -0.2) is 0 Å². The molecule has 25 heavy (non-hydrogen) atoms. The molecule has 0 saturated carbocycles. The predicted molar refractivity (Wildman–Crippen MR) is 102 cm³/mol. The van der Waals surface area contributed by atoms with E-state index >= 15 is 0 Å². The number of carbonyl (C=O) groups excluding carboxylic acids is 1. The van der Waals surface area contributed by atoms with Crippen molar-refractivity contribution < 1.29 is 9.53 Å². The normalized spacial score (nSPS) is 10.8. The molecule has 0 aliphatic heterocycles. The number of hydrogen-bond donors (Lipinski definition) is 0. The molecule has 0 aliphatic rings. The minimum absolute atomic E-state index is 0.106. The summed E-state index contributed by atoms with van der Waals surface area (Å²) in [4.78, 5) is 17.2. The zero-order chi connectivity index (χ0) is 17.6. The Balaban J connectivity index is 1.93. The van der Waals surface area contributed by atoms with Crippen LogP contribution in [0.2, 0.25) is 5.02 Å². The monoisotopic (exact) mass is 349 g/mol. The Morgan fingerprint density at radius 1 is 1.00 bits per heavy atom. The number of methoxy groups -OCH3 is 1. The van der Waals surface area contributed by atoms with Crippen LogP contribution in [0.15, 0.2) is 77.8 Å². The van der Waals surface area contributed by atoms with Crippen molar-refractivity contribution in [3.8, 4) is 5.75 Å². The van der Waals surface area contributed by atoms with Crippen LogP contribution in [-0.4, -0.2) is 19.1 Å². The quantitative estimate of drug-likeness (QED) is 0.461. The number of rotatable bonds is 5. The number of hydrogen-bond acceptors (Lipinski definition) is 3. The molecule has 3 aromatic carbocycles. The summed E-state index contributed by atoms with van der Waals surface area (Å²) in [6.45, 7) is 0. The van der Waals surface area contributed by atoms with Crippen molar-refractivity contribution >= 4 is 29.3 Å². The molecular formula is C21H16ClNO2. The van der Waals surface area contributed by atoms with Gasteiger partial charge in [0.15, 0.2) is 5.78 Å². The van der Waals surface area contributed by atoms with E-state index in [4.69, 9.17) is 16.3 Å². The molecule has 0 heterocycles. The SMILES string of the molecule is COc1ccc(C=Nc2ccc(Cl)cc2C(=O)c2ccccc2)cc1. The van der Waals surface area contributed by atoms with Crippen molar-refractivity contribution in [3.05, 3.63) is 94.5 Å². The highest BCUT2D eigenvalue weighted by Crippen LogP contribution is 2.26. The summed E-state index contributed by atoms with van der Waals surface area (Å²) < 4.78 is 5.14. The Morgan fingerprint density at radius 3 is 2.40 bits per heavy atom. The zero-order valence-electron chi connectivity index (χ0n) is 13.6. The van der Waals surface area contributed by atoms with Crippen LogP contribution in [0.1, 0.15) is 21.5 Å². The fourth-order valence-corrected chi connectivity index (χ4v) is 2.55. The summed E-state index contributed by atoms with van der Waals surface area (Å²) in [5.74, 6) is 0.675. The van der Waals surface area contributed by atoms with Gasteiger partial charge in [-0.15, -0.1) is 0 Å². The molecule has 3 rings (SSSR count). The first-order chi connectivity index (χ1) is 12.2. The van der Waals surface area contributed by atoms with Crippen LogP contribution in [0, 0.1) is 0 Å². The van der Waals surface area contributed by atoms with Crippen molar-refractivity contribution in [1.82, 2.24) is 0 Å². The molecule has 0 spiro atoms. The van der Waals surface area contributed by atoms with Crippen LogP contribution in [0.25, 0.3) is 0 Å². The van der Waals surface area contributed by atoms with E-state index in [-0.39, 0.29) is 5.78 Å². The lowest BCUT2D eigenvalue weighted by molar-refractivity contribution is 0.103. The number of halogens is 1. The molecule has 0 unspecified atom stereocenters. The third kappa shape index (κ3) is 4.14. The minimum Gasteiger partial charge on any atom is -0.497 e. The van der Waals surface area contributed by atoms with Crippen molar-refractivity contribution in [2.45, 2.75) is 0 Å². The van der Waals surface area contributed by atoms with Crippen LogP contribution < -0.4 is 4.74 Å². The molecule has 0 atom stereocenters. The number of aliphatic imine (C=N–C) groups is 1. The van der Waals surface area contributed by atoms with Crippen LogP contribution in [-0.2, 0) is 0 Å². The van der Waals surface area contributed by atoms with E-state index < -0.39 is 0 Å². The van der Waals surface area contributed by atoms with E-state index in [0.717, 1.165) is 11.3 Å². The summed E-state index contributed by atoms with van der Waals surface area (Å²) in [5.41, 5.74) is 2.57. The van der Waals surface area contributed by atoms with E-state index in [2.05, 4.69) is 4.99 Å². The smallest absolute Gasteiger partial charge is 0.195 e. The lowest BCUT2D eigenvalue weighted by atomic mass is 10.0. The highest BCUT2D eigenvalue weighted by atomic mass is 35.5. The van der Waals surface area contributed by atoms with Gasteiger partial charge in [-0.05, 0) is 48.0 Å². The van der Waals surface area contributed by atoms with Crippen LogP contribution >= 0.6 is 11.6 Å². The first-order valence-electron chi connectivity index (χ1n) is 7.75. The molecule has 0 aliphatic carbocycles. The molecule has 0 radical (unpaired) electrons. The van der Waals surface area contributed by atoms with Crippen molar-refractivity contribution in [2.24, 2.45) is 4.99 Å². The van der Waals surface area contributed by atoms with Gasteiger partial charge in [0.1, 0.15) is 5.75 Å². The van der Waals surface area contributed by atoms with Crippen LogP contribution in [0.5, 0.6) is 5.75 Å². The molecule has 0 aromatic heterocycles. The Morgan fingerprint density at radius 2 is 1.72 bits per heavy atom. The van der Waals surface area contributed by atoms with Gasteiger partial charge in [-0.2, -0.15) is 0 Å². The summed E-state index contributed by atoms with van der Waals surface area (Å²) in [6, 6.07) is 21.7. The number of benzene rings is 3. The van der Waals surface area contributed by atoms with E-state index in [9.17, 15) is 4.79 Å². The molecule has 0 N–H and O–H groups in total. The number of ketones is 1. The van der Waals surface area contributed by atoms with E-state index in [0.29, 0.717) is 21.8 Å². The third-order valence-electron chi connectivity index (χ3n) is 3.71. The predicted octanol–water partition coefficient (Wildman–Crippen LogP) is 5.33. The van der Waals surface area contributed by atoms with E-state index in [1.165, 1.54) is 0 Å². The fourth-order valence-electron chi connectivity index (χ4n) is 2.38. The summed E-state index contributed by atoms with van der Waals surface area (Å²) in [6.07, 6.45) is 1.71. The average Bonchev–Trinajstić information content (AvgIpc) is 2.67. The highest BCUT2D eigenvalue weighted by molar-refractivity contribution is 6.31. The van der Waals surface area contributed by atoms with Gasteiger partial charge < -0.3 is 4.74 Å². The van der Waals surface area contributed by atoms with Crippen molar-refractivity contribution in [3.63, 3.8) is 0 Å². The lowest BCUT2D eigenvalue weighted by Gasteiger charge is -2.06. The number of ether oxygens (including phenoxy) is 1. The average molecular weight is 350 g/mol. The molecule has 3 nitrogen and oxygen atoms in total. The van der Waals surface area contributed by atoms with Crippen LogP contribution in [0.4, 0.5) is 5.69 Å². The number of nitrogens with zero attached hydrogens (tertiary/aromatic N) is 1. The Kier molecular flexibility index (Phi) is 5.26. The Hall–Kier alpha value is -2.91. The zero-order valence-corrected chi connectivity index (χ0v) is 14.4. The van der Waals surface area contributed by atoms with Gasteiger partial charge in [-0.3, -0.25) is 9.79 Å². The molecule has 0 saturated heterocycles. The molecule has 4 heteroatoms. The summed E-state index contributed by atoms with van der Waals surface area (Å²) in [7, 11) is 1.62. The van der Waals surface area contributed by atoms with Gasteiger partial charge in [0.2, 0.25) is 0 Å². The molecular weight excluding hydrogens is 334 g/mol. The molecule has 124 valence electrons. The molecule has 0 amide bonds. The minimum atomic E-state index is -0.106. The first kappa shape index (κ1) is 16.9. The van der Waals surface area contributed by atoms with E-state index in [1.54, 1.807) is 43.7 Å². The molecule has 0 bridgehead atoms. The largest absolute Gasteiger partial charge is 0.497 e. The standard InChI is InChI=1S/C21H16ClNO2/c1-25-18-10-7-15(8-11-18)14-23-20-12-9-17(22)13-19(20)21(24)16-5-3-2-4-6-16/h2-14H,1H3. The topological polar surface area (TPSA) is 38.7 Å². The maximum Gasteiger partial charge on any atom is 0.195 e. The lowest BCUT2D eigenvalue weighted by Crippen LogP contribution is -2.01. The van der Waals surface area contributed by atoms with Gasteiger partial charge in [-0.1, -0.05) is 41.9 Å². The fraction of sp³-hybridized carbons (Fsp3) is 0.0476. The first-order valence-corrected chi connectivity index (χ1v) is 8.12. The van der Waals surface area contributed by atoms with Gasteiger partial charge >= 0.3 is 0 Å². The molecule has 3 aromatic rings. The second-order valence-electron chi connectivity index (χ2n) is 5.39. The third-order valence-corrected chi connectivity index (χ3v) is 3.94. The Labute approximate surface area is 151 Å². The van der Waals surface area contributed by atoms with Gasteiger partial charge in [0.05, 0.1) is 12.8 Å². The molecule has 0 fully saturated rings. The second kappa shape index (κ2) is 7.77. The Bertz CT molecular complexity index is 903. The van der Waals surface area contributed by atoms with Crippen molar-refractivity contribution in [2.75, 3.05) is 7.11 Å².